The van der Waals surface area contributed by atoms with Gasteiger partial charge < -0.3 is 5.11 Å². The lowest BCUT2D eigenvalue weighted by Crippen LogP contribution is -2.21. The molecule has 1 aromatic rings. The highest BCUT2D eigenvalue weighted by molar-refractivity contribution is 6.30. The molecule has 1 aliphatic rings. The molecular weight excluding hydrogens is 202 g/mol. The van der Waals surface area contributed by atoms with E-state index in [4.69, 9.17) is 16.7 Å². The van der Waals surface area contributed by atoms with Gasteiger partial charge in [0.25, 0.3) is 0 Å². The van der Waals surface area contributed by atoms with Crippen LogP contribution in [0.15, 0.2) is 23.2 Å². The molecule has 71 valence electrons. The van der Waals surface area contributed by atoms with Crippen LogP contribution in [0.4, 0.5) is 0 Å². The van der Waals surface area contributed by atoms with E-state index in [0.29, 0.717) is 16.0 Å². The van der Waals surface area contributed by atoms with Crippen LogP contribution >= 0.6 is 11.6 Å². The van der Waals surface area contributed by atoms with Crippen LogP contribution in [0.3, 0.4) is 0 Å². The molecule has 0 spiro atoms. The molecule has 0 aliphatic carbocycles. The van der Waals surface area contributed by atoms with Gasteiger partial charge in [0.2, 0.25) is 6.04 Å². The number of carboxylic acids is 1. The third-order valence-corrected chi connectivity index (χ3v) is 2.39. The Morgan fingerprint density at radius 2 is 2.21 bits per heavy atom. The highest BCUT2D eigenvalue weighted by Gasteiger charge is 2.24. The van der Waals surface area contributed by atoms with Crippen LogP contribution in [0.25, 0.3) is 5.57 Å². The van der Waals surface area contributed by atoms with Crippen LogP contribution in [0.2, 0.25) is 5.02 Å². The number of hydrogen-bond acceptors (Lipinski definition) is 2. The number of halogens is 1. The Hall–Kier alpha value is -1.35. The summed E-state index contributed by atoms with van der Waals surface area (Å²) in [7, 11) is 0. The number of aliphatic carboxylic acids is 1. The van der Waals surface area contributed by atoms with Crippen molar-refractivity contribution >= 4 is 23.1 Å². The Balaban J connectivity index is 2.73. The monoisotopic (exact) mass is 208 g/mol. The lowest BCUT2D eigenvalue weighted by atomic mass is 10.1. The Bertz CT molecular complexity index is 521. The predicted molar refractivity (Wildman–Crippen MR) is 52.2 cm³/mol. The number of fused-ring (bicyclic) bond motifs is 1. The molecular formula is C10H7ClNO2. The maximum Gasteiger partial charge on any atom is 0.339 e. The number of rotatable bonds is 1. The summed E-state index contributed by atoms with van der Waals surface area (Å²) >= 11 is 5.80. The zero-order chi connectivity index (χ0) is 10.3. The average molecular weight is 209 g/mol. The summed E-state index contributed by atoms with van der Waals surface area (Å²) in [6, 6.07) is 5.24. The molecule has 1 N–H and O–H groups in total. The third-order valence-electron chi connectivity index (χ3n) is 2.15. The van der Waals surface area contributed by atoms with Crippen LogP contribution in [-0.2, 0) is 4.79 Å². The Morgan fingerprint density at radius 1 is 1.50 bits per heavy atom. The van der Waals surface area contributed by atoms with Crippen molar-refractivity contribution in [2.75, 3.05) is 0 Å². The van der Waals surface area contributed by atoms with Gasteiger partial charge in [-0.15, -0.1) is 0 Å². The molecule has 3 nitrogen and oxygen atoms in total. The highest BCUT2D eigenvalue weighted by atomic mass is 35.5. The number of carboxylic acid groups (broad SMARTS) is 1. The van der Waals surface area contributed by atoms with Crippen molar-refractivity contribution in [3.63, 3.8) is 0 Å². The van der Waals surface area contributed by atoms with Crippen molar-refractivity contribution < 1.29 is 9.90 Å². The molecule has 1 radical (unpaired) electrons. The first-order chi connectivity index (χ1) is 6.59. The molecule has 4 heteroatoms. The summed E-state index contributed by atoms with van der Waals surface area (Å²) in [5.41, 5.74) is 0.662. The number of benzene rings is 1. The second kappa shape index (κ2) is 3.10. The average Bonchev–Trinajstić information content (AvgIpc) is 2.44. The molecule has 14 heavy (non-hydrogen) atoms. The van der Waals surface area contributed by atoms with Gasteiger partial charge in [0.05, 0.1) is 5.36 Å². The highest BCUT2D eigenvalue weighted by Crippen LogP contribution is 2.17. The first-order valence-corrected chi connectivity index (χ1v) is 4.43. The van der Waals surface area contributed by atoms with Gasteiger partial charge in [-0.3, -0.25) is 4.99 Å². The van der Waals surface area contributed by atoms with E-state index in [2.05, 4.69) is 4.99 Å². The van der Waals surface area contributed by atoms with E-state index in [9.17, 15) is 4.79 Å². The second-order valence-corrected chi connectivity index (χ2v) is 3.49. The molecule has 1 heterocycles. The van der Waals surface area contributed by atoms with Crippen molar-refractivity contribution in [2.24, 2.45) is 4.99 Å². The summed E-state index contributed by atoms with van der Waals surface area (Å²) in [5.74, 6) is -1.00. The van der Waals surface area contributed by atoms with Gasteiger partial charge in [0.15, 0.2) is 0 Å². The quantitative estimate of drug-likeness (QED) is 0.741. The van der Waals surface area contributed by atoms with Crippen molar-refractivity contribution in [3.05, 3.63) is 39.8 Å². The van der Waals surface area contributed by atoms with Crippen LogP contribution in [0, 0.1) is 6.04 Å². The van der Waals surface area contributed by atoms with Crippen molar-refractivity contribution in [1.29, 1.82) is 0 Å². The fourth-order valence-electron chi connectivity index (χ4n) is 1.45. The van der Waals surface area contributed by atoms with Gasteiger partial charge in [0, 0.05) is 10.2 Å². The standard InChI is InChI=1S/C10H7ClNO2/c1-5-7-4-6(11)2-3-8(7)12-9(5)10(13)14/h2-4H,1H3,(H,13,14). The first-order valence-electron chi connectivity index (χ1n) is 4.05. The predicted octanol–water partition coefficient (Wildman–Crippen LogP) is 0.760. The van der Waals surface area contributed by atoms with E-state index >= 15 is 0 Å². The van der Waals surface area contributed by atoms with E-state index in [1.54, 1.807) is 25.1 Å². The molecule has 0 bridgehead atoms. The van der Waals surface area contributed by atoms with Gasteiger partial charge in [0.1, 0.15) is 0 Å². The second-order valence-electron chi connectivity index (χ2n) is 3.05. The summed E-state index contributed by atoms with van der Waals surface area (Å²) in [5, 5.41) is 10.9. The lowest BCUT2D eigenvalue weighted by Gasteiger charge is -1.98. The maximum atomic E-state index is 10.8. The molecule has 0 unspecified atom stereocenters. The van der Waals surface area contributed by atoms with Gasteiger partial charge in [-0.25, -0.2) is 4.79 Å². The molecule has 0 fully saturated rings. The molecule has 0 amide bonds. The normalized spacial score (nSPS) is 15.1. The van der Waals surface area contributed by atoms with Crippen molar-refractivity contribution in [1.82, 2.24) is 0 Å². The number of hydrogen-bond donors (Lipinski definition) is 1. The van der Waals surface area contributed by atoms with Crippen LogP contribution in [0.1, 0.15) is 6.92 Å². The fourth-order valence-corrected chi connectivity index (χ4v) is 1.62. The Labute approximate surface area is 85.4 Å². The fraction of sp³-hybridized carbons (Fsp3) is 0.100. The third kappa shape index (κ3) is 1.30. The minimum Gasteiger partial charge on any atom is -0.479 e. The minimum absolute atomic E-state index is 0.0993. The Morgan fingerprint density at radius 3 is 2.86 bits per heavy atom. The van der Waals surface area contributed by atoms with E-state index in [1.165, 1.54) is 0 Å². The molecule has 1 aromatic carbocycles. The largest absolute Gasteiger partial charge is 0.479 e. The topological polar surface area (TPSA) is 49.7 Å². The Kier molecular flexibility index (Phi) is 2.04. The zero-order valence-corrected chi connectivity index (χ0v) is 8.17. The van der Waals surface area contributed by atoms with Crippen LogP contribution in [0.5, 0.6) is 0 Å². The number of carbonyl (C=O) groups is 1. The SMILES string of the molecule is CC1=c2cc(Cl)ccc2=N[C]1C(=O)O. The summed E-state index contributed by atoms with van der Waals surface area (Å²) in [6.07, 6.45) is 0. The zero-order valence-electron chi connectivity index (χ0n) is 7.41. The van der Waals surface area contributed by atoms with Gasteiger partial charge in [-0.1, -0.05) is 11.6 Å². The maximum absolute atomic E-state index is 10.8. The van der Waals surface area contributed by atoms with Gasteiger partial charge in [-0.05, 0) is 30.7 Å². The van der Waals surface area contributed by atoms with Gasteiger partial charge in [-0.2, -0.15) is 0 Å². The summed E-state index contributed by atoms with van der Waals surface area (Å²) in [6.45, 7) is 1.73. The van der Waals surface area contributed by atoms with Crippen LogP contribution in [-0.4, -0.2) is 11.1 Å². The van der Waals surface area contributed by atoms with Gasteiger partial charge >= 0.3 is 5.97 Å². The smallest absolute Gasteiger partial charge is 0.339 e. The molecule has 0 aromatic heterocycles. The van der Waals surface area contributed by atoms with Crippen molar-refractivity contribution in [3.8, 4) is 0 Å². The minimum atomic E-state index is -1.00. The summed E-state index contributed by atoms with van der Waals surface area (Å²) < 4.78 is 0. The molecule has 0 saturated heterocycles. The molecule has 2 rings (SSSR count). The first kappa shape index (κ1) is 9.21. The van der Waals surface area contributed by atoms with E-state index in [0.717, 1.165) is 5.22 Å². The van der Waals surface area contributed by atoms with E-state index in [-0.39, 0.29) is 6.04 Å². The number of nitrogens with zero attached hydrogens (tertiary/aromatic N) is 1. The van der Waals surface area contributed by atoms with Crippen molar-refractivity contribution in [2.45, 2.75) is 6.92 Å². The summed E-state index contributed by atoms with van der Waals surface area (Å²) in [4.78, 5) is 14.8. The van der Waals surface area contributed by atoms with Crippen LogP contribution < -0.4 is 10.6 Å². The molecule has 0 saturated carbocycles. The molecule has 1 aliphatic heterocycles. The molecule has 0 atom stereocenters. The van der Waals surface area contributed by atoms with E-state index < -0.39 is 5.97 Å². The van der Waals surface area contributed by atoms with E-state index in [1.807, 2.05) is 0 Å². The lowest BCUT2D eigenvalue weighted by molar-refractivity contribution is -0.134.